The second-order valence-corrected chi connectivity index (χ2v) is 8.75. The Balaban J connectivity index is 0.000000305. The van der Waals surface area contributed by atoms with Gasteiger partial charge in [0.25, 0.3) is 0 Å². The molecular weight excluding hydrogens is 324 g/mol. The Labute approximate surface area is 170 Å². The summed E-state index contributed by atoms with van der Waals surface area (Å²) in [6, 6.07) is 8.48. The fourth-order valence-corrected chi connectivity index (χ4v) is 4.22. The second-order valence-electron chi connectivity index (χ2n) is 8.75. The lowest BCUT2D eigenvalue weighted by Gasteiger charge is -2.27. The minimum absolute atomic E-state index is 0.912. The van der Waals surface area contributed by atoms with Crippen LogP contribution in [0.2, 0.25) is 0 Å². The highest BCUT2D eigenvalue weighted by atomic mass is 14.2. The van der Waals surface area contributed by atoms with Crippen LogP contribution in [0, 0.1) is 37.5 Å². The number of benzene rings is 1. The van der Waals surface area contributed by atoms with Crippen LogP contribution in [0.4, 0.5) is 0 Å². The van der Waals surface area contributed by atoms with Crippen molar-refractivity contribution in [1.29, 1.82) is 0 Å². The van der Waals surface area contributed by atoms with Crippen LogP contribution in [0.25, 0.3) is 0 Å². The van der Waals surface area contributed by atoms with Crippen LogP contribution in [-0.2, 0) is 0 Å². The van der Waals surface area contributed by atoms with Crippen molar-refractivity contribution in [3.63, 3.8) is 0 Å². The molecule has 3 rings (SSSR count). The van der Waals surface area contributed by atoms with Crippen LogP contribution in [0.5, 0.6) is 0 Å². The minimum atomic E-state index is 0.912. The number of hydrogen-bond acceptors (Lipinski definition) is 0. The Morgan fingerprint density at radius 3 is 1.44 bits per heavy atom. The molecule has 0 unspecified atom stereocenters. The molecule has 1 aromatic rings. The second kappa shape index (κ2) is 14.0. The summed E-state index contributed by atoms with van der Waals surface area (Å²) in [6.45, 7) is 13.0. The SMILES string of the molecule is CC.CCC1CCC(/C=C/C2CCC(C)CC2)CC1.Cc1ccc(C)cc1. The van der Waals surface area contributed by atoms with Gasteiger partial charge in [-0.05, 0) is 76.0 Å². The van der Waals surface area contributed by atoms with Crippen molar-refractivity contribution < 1.29 is 0 Å². The van der Waals surface area contributed by atoms with E-state index in [1.165, 1.54) is 68.9 Å². The third kappa shape index (κ3) is 10.2. The lowest BCUT2D eigenvalue weighted by Crippen LogP contribution is -2.13. The normalized spacial score (nSPS) is 27.9. The van der Waals surface area contributed by atoms with E-state index in [0.29, 0.717) is 0 Å². The minimum Gasteiger partial charge on any atom is -0.0851 e. The Morgan fingerprint density at radius 2 is 1.07 bits per heavy atom. The van der Waals surface area contributed by atoms with E-state index >= 15 is 0 Å². The smallest absolute Gasteiger partial charge is 0.0233 e. The van der Waals surface area contributed by atoms with Crippen molar-refractivity contribution in [2.75, 3.05) is 0 Å². The van der Waals surface area contributed by atoms with Crippen LogP contribution in [0.15, 0.2) is 36.4 Å². The van der Waals surface area contributed by atoms with Gasteiger partial charge < -0.3 is 0 Å². The van der Waals surface area contributed by atoms with E-state index in [4.69, 9.17) is 0 Å². The number of allylic oxidation sites excluding steroid dienone is 2. The van der Waals surface area contributed by atoms with Gasteiger partial charge in [0.1, 0.15) is 0 Å². The number of aryl methyl sites for hydroxylation is 2. The molecule has 0 atom stereocenters. The van der Waals surface area contributed by atoms with Gasteiger partial charge in [-0.25, -0.2) is 0 Å². The van der Waals surface area contributed by atoms with Crippen molar-refractivity contribution in [3.05, 3.63) is 47.5 Å². The summed E-state index contributed by atoms with van der Waals surface area (Å²) in [4.78, 5) is 0. The first-order valence-corrected chi connectivity index (χ1v) is 11.8. The first kappa shape index (κ1) is 24.0. The Bertz CT molecular complexity index is 458. The third-order valence-corrected chi connectivity index (χ3v) is 6.40. The van der Waals surface area contributed by atoms with E-state index in [1.54, 1.807) is 0 Å². The van der Waals surface area contributed by atoms with E-state index in [2.05, 4.69) is 64.1 Å². The predicted octanol–water partition coefficient (Wildman–Crippen LogP) is 8.91. The first-order chi connectivity index (χ1) is 13.1. The van der Waals surface area contributed by atoms with Gasteiger partial charge in [-0.15, -0.1) is 0 Å². The monoisotopic (exact) mass is 370 g/mol. The van der Waals surface area contributed by atoms with Crippen LogP contribution in [0.3, 0.4) is 0 Å². The zero-order valence-corrected chi connectivity index (χ0v) is 19.1. The summed E-state index contributed by atoms with van der Waals surface area (Å²) in [5.74, 6) is 3.85. The lowest BCUT2D eigenvalue weighted by molar-refractivity contribution is 0.299. The largest absolute Gasteiger partial charge is 0.0851 e. The quantitative estimate of drug-likeness (QED) is 0.466. The van der Waals surface area contributed by atoms with Crippen LogP contribution in [-0.4, -0.2) is 0 Å². The highest BCUT2D eigenvalue weighted by molar-refractivity contribution is 5.19. The van der Waals surface area contributed by atoms with E-state index < -0.39 is 0 Å². The van der Waals surface area contributed by atoms with Crippen molar-refractivity contribution in [2.45, 2.75) is 99.3 Å². The van der Waals surface area contributed by atoms with E-state index in [1.807, 2.05) is 13.8 Å². The average Bonchev–Trinajstić information content (AvgIpc) is 2.72. The molecule has 0 spiro atoms. The molecule has 0 amide bonds. The summed E-state index contributed by atoms with van der Waals surface area (Å²) in [7, 11) is 0. The highest BCUT2D eigenvalue weighted by Gasteiger charge is 2.19. The zero-order valence-electron chi connectivity index (χ0n) is 19.1. The summed E-state index contributed by atoms with van der Waals surface area (Å²) in [5.41, 5.74) is 2.66. The number of rotatable bonds is 3. The van der Waals surface area contributed by atoms with E-state index in [0.717, 1.165) is 23.7 Å². The van der Waals surface area contributed by atoms with Crippen LogP contribution in [0.1, 0.15) is 96.6 Å². The van der Waals surface area contributed by atoms with E-state index in [9.17, 15) is 0 Å². The molecule has 0 aromatic heterocycles. The third-order valence-electron chi connectivity index (χ3n) is 6.40. The zero-order chi connectivity index (χ0) is 20.1. The van der Waals surface area contributed by atoms with Gasteiger partial charge in [-0.3, -0.25) is 0 Å². The van der Waals surface area contributed by atoms with Crippen molar-refractivity contribution >= 4 is 0 Å². The maximum atomic E-state index is 2.58. The van der Waals surface area contributed by atoms with Gasteiger partial charge in [0.05, 0.1) is 0 Å². The Hall–Kier alpha value is -1.04. The molecule has 0 heteroatoms. The molecule has 2 aliphatic carbocycles. The van der Waals surface area contributed by atoms with Crippen LogP contribution < -0.4 is 0 Å². The molecule has 1 aromatic carbocycles. The molecule has 0 saturated heterocycles. The lowest BCUT2D eigenvalue weighted by atomic mass is 9.79. The molecule has 2 fully saturated rings. The highest BCUT2D eigenvalue weighted by Crippen LogP contribution is 2.33. The van der Waals surface area contributed by atoms with Gasteiger partial charge in [-0.2, -0.15) is 0 Å². The molecule has 0 aliphatic heterocycles. The summed E-state index contributed by atoms with van der Waals surface area (Å²) >= 11 is 0. The van der Waals surface area contributed by atoms with Crippen molar-refractivity contribution in [3.8, 4) is 0 Å². The molecule has 154 valence electrons. The topological polar surface area (TPSA) is 0 Å². The van der Waals surface area contributed by atoms with Gasteiger partial charge in [-0.1, -0.05) is 94.5 Å². The fourth-order valence-electron chi connectivity index (χ4n) is 4.22. The molecule has 0 radical (unpaired) electrons. The molecule has 2 saturated carbocycles. The van der Waals surface area contributed by atoms with Gasteiger partial charge in [0, 0.05) is 0 Å². The molecule has 2 aliphatic rings. The maximum absolute atomic E-state index is 2.58. The summed E-state index contributed by atoms with van der Waals surface area (Å²) < 4.78 is 0. The van der Waals surface area contributed by atoms with Gasteiger partial charge in [0.2, 0.25) is 0 Å². The van der Waals surface area contributed by atoms with Crippen LogP contribution >= 0.6 is 0 Å². The molecule has 0 bridgehead atoms. The molecule has 0 N–H and O–H groups in total. The standard InChI is InChI=1S/C17H30.C8H10.C2H6/c1-3-15-8-10-17(11-9-15)13-12-16-6-4-14(2)5-7-16;1-7-3-5-8(2)6-4-7;1-2/h12-17H,3-11H2,1-2H3;3-6H,1-2H3;1-2H3/b13-12+;;. The van der Waals surface area contributed by atoms with Gasteiger partial charge >= 0.3 is 0 Å². The average molecular weight is 371 g/mol. The van der Waals surface area contributed by atoms with Crippen molar-refractivity contribution in [2.24, 2.45) is 23.7 Å². The Morgan fingerprint density at radius 1 is 0.704 bits per heavy atom. The Kier molecular flexibility index (Phi) is 12.5. The van der Waals surface area contributed by atoms with E-state index in [-0.39, 0.29) is 0 Å². The van der Waals surface area contributed by atoms with Crippen molar-refractivity contribution in [1.82, 2.24) is 0 Å². The fraction of sp³-hybridized carbons (Fsp3) is 0.704. The molecular formula is C27H46. The summed E-state index contributed by atoms with van der Waals surface area (Å²) in [5, 5.41) is 0. The first-order valence-electron chi connectivity index (χ1n) is 11.8. The summed E-state index contributed by atoms with van der Waals surface area (Å²) in [6.07, 6.45) is 18.2. The molecule has 0 nitrogen and oxygen atoms in total. The maximum Gasteiger partial charge on any atom is -0.0233 e. The number of hydrogen-bond donors (Lipinski definition) is 0. The molecule has 27 heavy (non-hydrogen) atoms. The van der Waals surface area contributed by atoms with Gasteiger partial charge in [0.15, 0.2) is 0 Å². The molecule has 0 heterocycles. The predicted molar refractivity (Wildman–Crippen MR) is 123 cm³/mol.